The van der Waals surface area contributed by atoms with Crippen LogP contribution in [0.2, 0.25) is 0 Å². The van der Waals surface area contributed by atoms with Crippen molar-refractivity contribution < 1.29 is 39.1 Å². The molecule has 1 fully saturated rings. The Morgan fingerprint density at radius 1 is 0.917 bits per heavy atom. The van der Waals surface area contributed by atoms with E-state index in [1.807, 2.05) is 0 Å². The first-order valence-corrected chi connectivity index (χ1v) is 7.83. The quantitative estimate of drug-likeness (QED) is 0.608. The van der Waals surface area contributed by atoms with Crippen molar-refractivity contribution >= 4 is 11.9 Å². The Morgan fingerprint density at radius 2 is 1.42 bits per heavy atom. The van der Waals surface area contributed by atoms with Crippen molar-refractivity contribution in [3.63, 3.8) is 0 Å². The van der Waals surface area contributed by atoms with E-state index < -0.39 is 53.5 Å². The second-order valence-electron chi connectivity index (χ2n) is 8.01. The van der Waals surface area contributed by atoms with Gasteiger partial charge >= 0.3 is 11.9 Å². The average molecular weight is 348 g/mol. The maximum Gasteiger partial charge on any atom is 0.311 e. The van der Waals surface area contributed by atoms with Gasteiger partial charge in [-0.15, -0.1) is 0 Å². The standard InChI is InChI=1S/C16H28O8/c1-15(2,3)13(20)22-7-8-9(17)11(10(18)12(19)23-8)24-14(21)16(4,5)6/h8-12,17-19H,7H2,1-6H3/t8-,9+,10-,11+,12+/m1/s1. The Hall–Kier alpha value is -1.22. The molecule has 0 spiro atoms. The summed E-state index contributed by atoms with van der Waals surface area (Å²) in [4.78, 5) is 23.8. The SMILES string of the molecule is CC(C)(C)C(=O)OC[C@H]1O[C@H](O)[C@H](O)[C@@H](OC(=O)C(C)(C)C)[C@H]1O. The number of carbonyl (C=O) groups excluding carboxylic acids is 2. The highest BCUT2D eigenvalue weighted by molar-refractivity contribution is 5.76. The van der Waals surface area contributed by atoms with Crippen LogP contribution in [0.1, 0.15) is 41.5 Å². The first-order valence-electron chi connectivity index (χ1n) is 7.83. The van der Waals surface area contributed by atoms with Gasteiger partial charge < -0.3 is 29.5 Å². The summed E-state index contributed by atoms with van der Waals surface area (Å²) in [5.41, 5.74) is -1.59. The number of hydrogen-bond donors (Lipinski definition) is 3. The molecular weight excluding hydrogens is 320 g/mol. The van der Waals surface area contributed by atoms with Gasteiger partial charge in [0.1, 0.15) is 24.9 Å². The summed E-state index contributed by atoms with van der Waals surface area (Å²) in [6.07, 6.45) is -7.26. The molecule has 1 rings (SSSR count). The number of rotatable bonds is 3. The molecule has 140 valence electrons. The first-order chi connectivity index (χ1) is 10.7. The van der Waals surface area contributed by atoms with Crippen molar-refractivity contribution in [3.8, 4) is 0 Å². The minimum absolute atomic E-state index is 0.343. The fraction of sp³-hybridized carbons (Fsp3) is 0.875. The second-order valence-corrected chi connectivity index (χ2v) is 8.01. The van der Waals surface area contributed by atoms with Crippen LogP contribution in [-0.2, 0) is 23.8 Å². The number of ether oxygens (including phenoxy) is 3. The maximum absolute atomic E-state index is 12.0. The van der Waals surface area contributed by atoms with Crippen LogP contribution >= 0.6 is 0 Å². The van der Waals surface area contributed by atoms with E-state index in [9.17, 15) is 24.9 Å². The van der Waals surface area contributed by atoms with Crippen LogP contribution < -0.4 is 0 Å². The fourth-order valence-electron chi connectivity index (χ4n) is 1.87. The van der Waals surface area contributed by atoms with Crippen LogP contribution in [0.15, 0.2) is 0 Å². The lowest BCUT2D eigenvalue weighted by molar-refractivity contribution is -0.292. The van der Waals surface area contributed by atoms with Crippen LogP contribution in [0, 0.1) is 10.8 Å². The van der Waals surface area contributed by atoms with Gasteiger partial charge in [0.15, 0.2) is 12.4 Å². The molecule has 8 nitrogen and oxygen atoms in total. The van der Waals surface area contributed by atoms with Crippen molar-refractivity contribution in [2.24, 2.45) is 10.8 Å². The van der Waals surface area contributed by atoms with Gasteiger partial charge in [-0.3, -0.25) is 9.59 Å². The van der Waals surface area contributed by atoms with E-state index in [1.165, 1.54) is 0 Å². The van der Waals surface area contributed by atoms with Gasteiger partial charge in [-0.05, 0) is 41.5 Å². The molecule has 1 heterocycles. The molecule has 0 aliphatic carbocycles. The van der Waals surface area contributed by atoms with E-state index in [0.717, 1.165) is 0 Å². The zero-order valence-electron chi connectivity index (χ0n) is 15.0. The summed E-state index contributed by atoms with van der Waals surface area (Å²) in [5.74, 6) is -1.16. The lowest BCUT2D eigenvalue weighted by Crippen LogP contribution is -2.60. The first kappa shape index (κ1) is 20.8. The third-order valence-corrected chi connectivity index (χ3v) is 3.51. The van der Waals surface area contributed by atoms with E-state index in [2.05, 4.69) is 0 Å². The Balaban J connectivity index is 2.79. The minimum atomic E-state index is -1.68. The number of aliphatic hydroxyl groups excluding tert-OH is 3. The molecule has 0 amide bonds. The lowest BCUT2D eigenvalue weighted by atomic mass is 9.95. The van der Waals surface area contributed by atoms with Crippen molar-refractivity contribution in [2.75, 3.05) is 6.61 Å². The molecule has 0 aromatic carbocycles. The highest BCUT2D eigenvalue weighted by Crippen LogP contribution is 2.26. The molecule has 1 saturated heterocycles. The number of aliphatic hydroxyl groups is 3. The summed E-state index contributed by atoms with van der Waals surface area (Å²) < 4.78 is 15.3. The summed E-state index contributed by atoms with van der Waals surface area (Å²) in [5, 5.41) is 30.0. The van der Waals surface area contributed by atoms with Gasteiger partial charge in [0, 0.05) is 0 Å². The number of carbonyl (C=O) groups is 2. The lowest BCUT2D eigenvalue weighted by Gasteiger charge is -2.40. The predicted octanol–water partition coefficient (Wildman–Crippen LogP) is -0.0274. The maximum atomic E-state index is 12.0. The van der Waals surface area contributed by atoms with E-state index in [1.54, 1.807) is 41.5 Å². The molecule has 0 aromatic heterocycles. The highest BCUT2D eigenvalue weighted by atomic mass is 16.7. The van der Waals surface area contributed by atoms with Crippen molar-refractivity contribution in [2.45, 2.75) is 72.2 Å². The van der Waals surface area contributed by atoms with Crippen LogP contribution in [0.25, 0.3) is 0 Å². The molecule has 0 radical (unpaired) electrons. The monoisotopic (exact) mass is 348 g/mol. The van der Waals surface area contributed by atoms with Gasteiger partial charge in [-0.1, -0.05) is 0 Å². The molecule has 8 heteroatoms. The van der Waals surface area contributed by atoms with Crippen molar-refractivity contribution in [3.05, 3.63) is 0 Å². The van der Waals surface area contributed by atoms with Crippen LogP contribution in [0.3, 0.4) is 0 Å². The third kappa shape index (κ3) is 5.14. The molecule has 1 aliphatic heterocycles. The molecule has 0 unspecified atom stereocenters. The van der Waals surface area contributed by atoms with Crippen LogP contribution in [0.5, 0.6) is 0 Å². The molecule has 0 aromatic rings. The minimum Gasteiger partial charge on any atom is -0.462 e. The number of hydrogen-bond acceptors (Lipinski definition) is 8. The largest absolute Gasteiger partial charge is 0.462 e. The molecule has 0 bridgehead atoms. The van der Waals surface area contributed by atoms with E-state index in [-0.39, 0.29) is 6.61 Å². The van der Waals surface area contributed by atoms with Crippen LogP contribution in [0.4, 0.5) is 0 Å². The van der Waals surface area contributed by atoms with E-state index >= 15 is 0 Å². The summed E-state index contributed by atoms with van der Waals surface area (Å²) in [6.45, 7) is 9.51. The van der Waals surface area contributed by atoms with Crippen molar-refractivity contribution in [1.82, 2.24) is 0 Å². The Labute approximate surface area is 141 Å². The summed E-state index contributed by atoms with van der Waals surface area (Å²) >= 11 is 0. The molecule has 1 aliphatic rings. The van der Waals surface area contributed by atoms with Gasteiger partial charge in [-0.25, -0.2) is 0 Å². The Kier molecular flexibility index (Phi) is 6.37. The summed E-state index contributed by atoms with van der Waals surface area (Å²) in [7, 11) is 0. The topological polar surface area (TPSA) is 123 Å². The molecule has 5 atom stereocenters. The number of esters is 2. The highest BCUT2D eigenvalue weighted by Gasteiger charge is 2.47. The Morgan fingerprint density at radius 3 is 1.88 bits per heavy atom. The van der Waals surface area contributed by atoms with E-state index in [0.29, 0.717) is 0 Å². The third-order valence-electron chi connectivity index (χ3n) is 3.51. The Bertz CT molecular complexity index is 462. The molecular formula is C16H28O8. The fourth-order valence-corrected chi connectivity index (χ4v) is 1.87. The molecule has 0 saturated carbocycles. The molecule has 3 N–H and O–H groups in total. The van der Waals surface area contributed by atoms with Crippen LogP contribution in [-0.4, -0.2) is 64.6 Å². The van der Waals surface area contributed by atoms with Gasteiger partial charge in [0.25, 0.3) is 0 Å². The van der Waals surface area contributed by atoms with E-state index in [4.69, 9.17) is 14.2 Å². The van der Waals surface area contributed by atoms with Gasteiger partial charge in [0.05, 0.1) is 10.8 Å². The predicted molar refractivity (Wildman–Crippen MR) is 82.6 cm³/mol. The molecule has 24 heavy (non-hydrogen) atoms. The smallest absolute Gasteiger partial charge is 0.311 e. The zero-order chi connectivity index (χ0) is 18.9. The normalized spacial score (nSPS) is 31.5. The van der Waals surface area contributed by atoms with Gasteiger partial charge in [-0.2, -0.15) is 0 Å². The van der Waals surface area contributed by atoms with Gasteiger partial charge in [0.2, 0.25) is 0 Å². The summed E-state index contributed by atoms with van der Waals surface area (Å²) in [6, 6.07) is 0. The average Bonchev–Trinajstić information content (AvgIpc) is 2.43. The van der Waals surface area contributed by atoms with Crippen molar-refractivity contribution in [1.29, 1.82) is 0 Å². The second kappa shape index (κ2) is 7.35. The zero-order valence-corrected chi connectivity index (χ0v) is 15.0.